The fraction of sp³-hybridized carbons (Fsp3) is 0.526. The molecule has 0 spiro atoms. The number of nitriles is 1. The van der Waals surface area contributed by atoms with Gasteiger partial charge in [0.1, 0.15) is 5.54 Å². The molecule has 1 amide bonds. The van der Waals surface area contributed by atoms with Gasteiger partial charge >= 0.3 is 5.97 Å². The van der Waals surface area contributed by atoms with Crippen LogP contribution in [0.3, 0.4) is 0 Å². The normalized spacial score (nSPS) is 16.2. The van der Waals surface area contributed by atoms with Crippen molar-refractivity contribution < 1.29 is 22.7 Å². The Bertz CT molecular complexity index is 834. The first-order chi connectivity index (χ1) is 12.7. The third-order valence-electron chi connectivity index (χ3n) is 4.85. The number of carbonyl (C=O) groups is 2. The van der Waals surface area contributed by atoms with Gasteiger partial charge in [-0.25, -0.2) is 13.2 Å². The van der Waals surface area contributed by atoms with Crippen LogP contribution in [0.15, 0.2) is 24.3 Å². The van der Waals surface area contributed by atoms with Crippen molar-refractivity contribution in [1.82, 2.24) is 4.90 Å². The summed E-state index contributed by atoms with van der Waals surface area (Å²) >= 11 is 0. The molecule has 0 heterocycles. The maximum atomic E-state index is 12.4. The zero-order valence-electron chi connectivity index (χ0n) is 15.6. The zero-order valence-corrected chi connectivity index (χ0v) is 16.4. The molecule has 8 heteroatoms. The van der Waals surface area contributed by atoms with E-state index in [0.717, 1.165) is 25.5 Å². The number of rotatable bonds is 6. The first-order valence-corrected chi connectivity index (χ1v) is 10.8. The molecule has 7 nitrogen and oxygen atoms in total. The third-order valence-corrected chi connectivity index (χ3v) is 5.71. The number of ether oxygens (including phenoxy) is 1. The average Bonchev–Trinajstić information content (AvgIpc) is 2.65. The number of amides is 1. The Balaban J connectivity index is 1.94. The lowest BCUT2D eigenvalue weighted by Crippen LogP contribution is -2.51. The van der Waals surface area contributed by atoms with E-state index in [1.165, 1.54) is 29.2 Å². The van der Waals surface area contributed by atoms with Crippen LogP contribution in [-0.2, 0) is 25.1 Å². The standard InChI is InChI=1S/C19H24N2O5S/c1-21(19(14-20)10-4-3-5-11-19)17(22)12-26-18(23)16-8-6-15(7-9-16)13-27(2,24)25/h6-9H,3-5,10-13H2,1-2H3. The Morgan fingerprint density at radius 3 is 2.30 bits per heavy atom. The Morgan fingerprint density at radius 2 is 1.78 bits per heavy atom. The van der Waals surface area contributed by atoms with Gasteiger partial charge in [-0.3, -0.25) is 4.79 Å². The predicted octanol–water partition coefficient (Wildman–Crippen LogP) is 2.07. The number of hydrogen-bond acceptors (Lipinski definition) is 6. The summed E-state index contributed by atoms with van der Waals surface area (Å²) in [7, 11) is -1.58. The van der Waals surface area contributed by atoms with Gasteiger partial charge in [0.15, 0.2) is 16.4 Å². The van der Waals surface area contributed by atoms with E-state index in [-0.39, 0.29) is 11.3 Å². The summed E-state index contributed by atoms with van der Waals surface area (Å²) < 4.78 is 27.6. The molecule has 0 atom stereocenters. The molecule has 0 unspecified atom stereocenters. The van der Waals surface area contributed by atoms with Crippen molar-refractivity contribution in [2.24, 2.45) is 0 Å². The summed E-state index contributed by atoms with van der Waals surface area (Å²) in [5, 5.41) is 9.53. The average molecular weight is 392 g/mol. The number of esters is 1. The second-order valence-corrected chi connectivity index (χ2v) is 9.14. The fourth-order valence-electron chi connectivity index (χ4n) is 3.24. The highest BCUT2D eigenvalue weighted by molar-refractivity contribution is 7.89. The Kier molecular flexibility index (Phi) is 6.60. The Morgan fingerprint density at radius 1 is 1.19 bits per heavy atom. The van der Waals surface area contributed by atoms with Gasteiger partial charge in [0.25, 0.3) is 5.91 Å². The highest BCUT2D eigenvalue weighted by atomic mass is 32.2. The van der Waals surface area contributed by atoms with E-state index < -0.39 is 33.9 Å². The summed E-state index contributed by atoms with van der Waals surface area (Å²) in [5.41, 5.74) is -0.0248. The van der Waals surface area contributed by atoms with E-state index in [1.54, 1.807) is 7.05 Å². The largest absolute Gasteiger partial charge is 0.452 e. The van der Waals surface area contributed by atoms with E-state index in [0.29, 0.717) is 18.4 Å². The molecule has 1 aliphatic carbocycles. The smallest absolute Gasteiger partial charge is 0.338 e. The fourth-order valence-corrected chi connectivity index (χ4v) is 4.04. The van der Waals surface area contributed by atoms with Crippen LogP contribution < -0.4 is 0 Å². The molecule has 0 aliphatic heterocycles. The minimum Gasteiger partial charge on any atom is -0.452 e. The van der Waals surface area contributed by atoms with Crippen LogP contribution in [0.2, 0.25) is 0 Å². The number of likely N-dealkylation sites (N-methyl/N-ethyl adjacent to an activating group) is 1. The Labute approximate surface area is 159 Å². The van der Waals surface area contributed by atoms with E-state index in [1.807, 2.05) is 0 Å². The molecule has 27 heavy (non-hydrogen) atoms. The van der Waals surface area contributed by atoms with Crippen LogP contribution in [0.1, 0.15) is 48.0 Å². The van der Waals surface area contributed by atoms with Crippen LogP contribution in [0.4, 0.5) is 0 Å². The minimum absolute atomic E-state index is 0.109. The van der Waals surface area contributed by atoms with Crippen LogP contribution in [0.25, 0.3) is 0 Å². The van der Waals surface area contributed by atoms with Crippen LogP contribution in [0.5, 0.6) is 0 Å². The van der Waals surface area contributed by atoms with E-state index in [4.69, 9.17) is 4.74 Å². The van der Waals surface area contributed by atoms with Gasteiger partial charge in [-0.15, -0.1) is 0 Å². The van der Waals surface area contributed by atoms with Crippen molar-refractivity contribution in [3.8, 4) is 6.07 Å². The number of nitrogens with zero attached hydrogens (tertiary/aromatic N) is 2. The number of sulfone groups is 1. The lowest BCUT2D eigenvalue weighted by molar-refractivity contribution is -0.138. The van der Waals surface area contributed by atoms with Crippen LogP contribution in [0, 0.1) is 11.3 Å². The molecular formula is C19H24N2O5S. The maximum Gasteiger partial charge on any atom is 0.338 e. The second-order valence-electron chi connectivity index (χ2n) is 7.00. The number of carbonyl (C=O) groups excluding carboxylic acids is 2. The minimum atomic E-state index is -3.15. The van der Waals surface area contributed by atoms with Crippen molar-refractivity contribution in [2.75, 3.05) is 19.9 Å². The van der Waals surface area contributed by atoms with E-state index >= 15 is 0 Å². The molecule has 146 valence electrons. The summed E-state index contributed by atoms with van der Waals surface area (Å²) in [4.78, 5) is 25.9. The topological polar surface area (TPSA) is 105 Å². The summed E-state index contributed by atoms with van der Waals surface area (Å²) in [6, 6.07) is 8.27. The summed E-state index contributed by atoms with van der Waals surface area (Å²) in [6.07, 6.45) is 5.23. The van der Waals surface area contributed by atoms with Crippen molar-refractivity contribution in [3.05, 3.63) is 35.4 Å². The molecule has 0 bridgehead atoms. The lowest BCUT2D eigenvalue weighted by atomic mass is 9.81. The third kappa shape index (κ3) is 5.54. The van der Waals surface area contributed by atoms with Crippen molar-refractivity contribution in [2.45, 2.75) is 43.4 Å². The van der Waals surface area contributed by atoms with Crippen molar-refractivity contribution in [1.29, 1.82) is 5.26 Å². The summed E-state index contributed by atoms with van der Waals surface area (Å²) in [6.45, 7) is -0.441. The predicted molar refractivity (Wildman–Crippen MR) is 99.5 cm³/mol. The maximum absolute atomic E-state index is 12.4. The highest BCUT2D eigenvalue weighted by Crippen LogP contribution is 2.32. The molecule has 2 rings (SSSR count). The molecule has 1 aromatic carbocycles. The van der Waals surface area contributed by atoms with E-state index in [2.05, 4.69) is 6.07 Å². The number of hydrogen-bond donors (Lipinski definition) is 0. The highest BCUT2D eigenvalue weighted by Gasteiger charge is 2.39. The van der Waals surface area contributed by atoms with Gasteiger partial charge in [0.2, 0.25) is 0 Å². The van der Waals surface area contributed by atoms with E-state index in [9.17, 15) is 23.3 Å². The van der Waals surface area contributed by atoms with Gasteiger partial charge in [-0.05, 0) is 30.5 Å². The molecular weight excluding hydrogens is 368 g/mol. The second kappa shape index (κ2) is 8.53. The van der Waals surface area contributed by atoms with Crippen LogP contribution >= 0.6 is 0 Å². The molecule has 0 N–H and O–H groups in total. The molecule has 0 saturated heterocycles. The molecule has 1 saturated carbocycles. The first kappa shape index (κ1) is 20.9. The van der Waals surface area contributed by atoms with Crippen molar-refractivity contribution in [3.63, 3.8) is 0 Å². The van der Waals surface area contributed by atoms with Crippen molar-refractivity contribution >= 4 is 21.7 Å². The number of benzene rings is 1. The molecule has 1 fully saturated rings. The monoisotopic (exact) mass is 392 g/mol. The quantitative estimate of drug-likeness (QED) is 0.687. The molecule has 1 aliphatic rings. The first-order valence-electron chi connectivity index (χ1n) is 8.78. The van der Waals surface area contributed by atoms with Gasteiger partial charge < -0.3 is 9.64 Å². The molecule has 1 aromatic rings. The van der Waals surface area contributed by atoms with Gasteiger partial charge in [0.05, 0.1) is 17.4 Å². The zero-order chi connectivity index (χ0) is 20.1. The van der Waals surface area contributed by atoms with Gasteiger partial charge in [-0.2, -0.15) is 5.26 Å². The lowest BCUT2D eigenvalue weighted by Gasteiger charge is -2.38. The van der Waals surface area contributed by atoms with Crippen LogP contribution in [-0.4, -0.2) is 50.6 Å². The SMILES string of the molecule is CN(C(=O)COC(=O)c1ccc(CS(C)(=O)=O)cc1)C1(C#N)CCCCC1. The summed E-state index contributed by atoms with van der Waals surface area (Å²) in [5.74, 6) is -1.19. The molecule has 0 radical (unpaired) electrons. The molecule has 0 aromatic heterocycles. The Hall–Kier alpha value is -2.40. The van der Waals surface area contributed by atoms with Gasteiger partial charge in [-0.1, -0.05) is 31.4 Å². The van der Waals surface area contributed by atoms with Gasteiger partial charge in [0, 0.05) is 13.3 Å².